The third kappa shape index (κ3) is 3.82. The van der Waals surface area contributed by atoms with Crippen molar-refractivity contribution in [3.05, 3.63) is 24.3 Å². The first-order valence-corrected chi connectivity index (χ1v) is 10.8. The van der Waals surface area contributed by atoms with E-state index in [2.05, 4.69) is 10.2 Å². The van der Waals surface area contributed by atoms with Gasteiger partial charge in [0.2, 0.25) is 5.91 Å². The summed E-state index contributed by atoms with van der Waals surface area (Å²) in [4.78, 5) is 42.9. The van der Waals surface area contributed by atoms with E-state index < -0.39 is 5.54 Å². The lowest BCUT2D eigenvalue weighted by Gasteiger charge is -2.36. The second-order valence-electron chi connectivity index (χ2n) is 8.32. The Balaban J connectivity index is 1.24. The second-order valence-corrected chi connectivity index (χ2v) is 8.32. The van der Waals surface area contributed by atoms with Crippen LogP contribution in [0.4, 0.5) is 10.5 Å². The van der Waals surface area contributed by atoms with Crippen molar-refractivity contribution in [1.82, 2.24) is 15.1 Å². The Bertz CT molecular complexity index is 813. The lowest BCUT2D eigenvalue weighted by Crippen LogP contribution is -2.49. The predicted octanol–water partition coefficient (Wildman–Crippen LogP) is 1.99. The number of amides is 4. The largest absolute Gasteiger partial charge is 0.495 e. The Hall–Kier alpha value is -2.77. The van der Waals surface area contributed by atoms with E-state index in [4.69, 9.17) is 4.74 Å². The van der Waals surface area contributed by atoms with Gasteiger partial charge in [-0.1, -0.05) is 25.0 Å². The van der Waals surface area contributed by atoms with Crippen molar-refractivity contribution >= 4 is 23.5 Å². The zero-order valence-corrected chi connectivity index (χ0v) is 17.6. The standard InChI is InChI=1S/C22H30N4O4/c1-30-18-8-3-2-7-17(18)24-13-15-25(16-14-24)19(27)9-6-12-26-20(28)22(23-21(26)29)10-4-5-11-22/h2-3,7-8H,4-6,9-16H2,1H3,(H,23,29). The number of para-hydroxylation sites is 2. The summed E-state index contributed by atoms with van der Waals surface area (Å²) < 4.78 is 5.44. The van der Waals surface area contributed by atoms with Gasteiger partial charge in [-0.25, -0.2) is 4.79 Å². The summed E-state index contributed by atoms with van der Waals surface area (Å²) in [7, 11) is 1.67. The third-order valence-electron chi connectivity index (χ3n) is 6.53. The highest BCUT2D eigenvalue weighted by Crippen LogP contribution is 2.35. The number of ether oxygens (including phenoxy) is 1. The smallest absolute Gasteiger partial charge is 0.325 e. The molecule has 1 aromatic rings. The van der Waals surface area contributed by atoms with Crippen LogP contribution < -0.4 is 15.0 Å². The van der Waals surface area contributed by atoms with E-state index in [9.17, 15) is 14.4 Å². The average molecular weight is 415 g/mol. The van der Waals surface area contributed by atoms with E-state index in [1.54, 1.807) is 7.11 Å². The lowest BCUT2D eigenvalue weighted by molar-refractivity contribution is -0.133. The normalized spacial score (nSPS) is 20.8. The topological polar surface area (TPSA) is 82.2 Å². The number of imide groups is 1. The maximum absolute atomic E-state index is 12.7. The first kappa shape index (κ1) is 20.5. The van der Waals surface area contributed by atoms with Crippen LogP contribution in [0.25, 0.3) is 0 Å². The minimum atomic E-state index is -0.671. The molecule has 0 radical (unpaired) electrons. The lowest BCUT2D eigenvalue weighted by atomic mass is 9.98. The number of benzene rings is 1. The highest BCUT2D eigenvalue weighted by Gasteiger charge is 2.52. The van der Waals surface area contributed by atoms with Crippen LogP contribution >= 0.6 is 0 Å². The van der Waals surface area contributed by atoms with E-state index in [0.717, 1.165) is 50.2 Å². The number of hydrogen-bond acceptors (Lipinski definition) is 5. The van der Waals surface area contributed by atoms with E-state index in [1.165, 1.54) is 4.90 Å². The quantitative estimate of drug-likeness (QED) is 0.720. The molecule has 4 amide bonds. The van der Waals surface area contributed by atoms with Gasteiger partial charge in [0.05, 0.1) is 12.8 Å². The number of methoxy groups -OCH3 is 1. The fourth-order valence-corrected chi connectivity index (χ4v) is 4.83. The maximum Gasteiger partial charge on any atom is 0.325 e. The summed E-state index contributed by atoms with van der Waals surface area (Å²) in [6.07, 6.45) is 4.24. The van der Waals surface area contributed by atoms with Crippen LogP contribution in [0.1, 0.15) is 38.5 Å². The molecule has 8 nitrogen and oxygen atoms in total. The average Bonchev–Trinajstić information content (AvgIpc) is 3.33. The Morgan fingerprint density at radius 2 is 1.80 bits per heavy atom. The molecule has 0 unspecified atom stereocenters. The Kier molecular flexibility index (Phi) is 5.83. The summed E-state index contributed by atoms with van der Waals surface area (Å²) in [6, 6.07) is 7.60. The number of nitrogens with one attached hydrogen (secondary N) is 1. The molecule has 1 spiro atoms. The van der Waals surface area contributed by atoms with Gasteiger partial charge in [0, 0.05) is 39.1 Å². The van der Waals surface area contributed by atoms with Crippen LogP contribution in [0.3, 0.4) is 0 Å². The minimum Gasteiger partial charge on any atom is -0.495 e. The first-order valence-electron chi connectivity index (χ1n) is 10.8. The summed E-state index contributed by atoms with van der Waals surface area (Å²) in [5, 5.41) is 2.89. The summed E-state index contributed by atoms with van der Waals surface area (Å²) in [5.74, 6) is 0.811. The minimum absolute atomic E-state index is 0.0808. The van der Waals surface area contributed by atoms with Crippen molar-refractivity contribution in [2.24, 2.45) is 0 Å². The number of nitrogens with zero attached hydrogens (tertiary/aromatic N) is 3. The zero-order chi connectivity index (χ0) is 21.1. The highest BCUT2D eigenvalue weighted by molar-refractivity contribution is 6.07. The Morgan fingerprint density at radius 1 is 1.10 bits per heavy atom. The molecule has 3 aliphatic rings. The third-order valence-corrected chi connectivity index (χ3v) is 6.53. The molecule has 1 N–H and O–H groups in total. The predicted molar refractivity (Wildman–Crippen MR) is 112 cm³/mol. The molecule has 2 aliphatic heterocycles. The van der Waals surface area contributed by atoms with E-state index >= 15 is 0 Å². The number of carbonyl (C=O) groups excluding carboxylic acids is 3. The number of urea groups is 1. The van der Waals surface area contributed by atoms with Crippen LogP contribution in [0, 0.1) is 0 Å². The summed E-state index contributed by atoms with van der Waals surface area (Å²) in [5.41, 5.74) is 0.377. The summed E-state index contributed by atoms with van der Waals surface area (Å²) in [6.45, 7) is 3.12. The molecule has 2 heterocycles. The van der Waals surface area contributed by atoms with Crippen molar-refractivity contribution in [3.63, 3.8) is 0 Å². The van der Waals surface area contributed by atoms with Gasteiger partial charge in [-0.2, -0.15) is 0 Å². The monoisotopic (exact) mass is 414 g/mol. The van der Waals surface area contributed by atoms with Gasteiger partial charge in [0.1, 0.15) is 11.3 Å². The molecular weight excluding hydrogens is 384 g/mol. The molecule has 3 fully saturated rings. The molecular formula is C22H30N4O4. The van der Waals surface area contributed by atoms with Crippen LogP contribution in [-0.2, 0) is 9.59 Å². The SMILES string of the molecule is COc1ccccc1N1CCN(C(=O)CCCN2C(=O)NC3(CCCC3)C2=O)CC1. The van der Waals surface area contributed by atoms with Crippen LogP contribution in [-0.4, -0.2) is 73.0 Å². The van der Waals surface area contributed by atoms with Crippen LogP contribution in [0.5, 0.6) is 5.75 Å². The van der Waals surface area contributed by atoms with Gasteiger partial charge in [-0.3, -0.25) is 14.5 Å². The van der Waals surface area contributed by atoms with E-state index in [1.807, 2.05) is 29.2 Å². The zero-order valence-electron chi connectivity index (χ0n) is 17.6. The molecule has 2 saturated heterocycles. The van der Waals surface area contributed by atoms with Crippen molar-refractivity contribution < 1.29 is 19.1 Å². The molecule has 0 aromatic heterocycles. The number of hydrogen-bond donors (Lipinski definition) is 1. The summed E-state index contributed by atoms with van der Waals surface area (Å²) >= 11 is 0. The number of anilines is 1. The molecule has 1 aliphatic carbocycles. The van der Waals surface area contributed by atoms with E-state index in [0.29, 0.717) is 32.5 Å². The number of piperazine rings is 1. The van der Waals surface area contributed by atoms with Crippen LogP contribution in [0.2, 0.25) is 0 Å². The van der Waals surface area contributed by atoms with Gasteiger partial charge in [-0.15, -0.1) is 0 Å². The molecule has 0 atom stereocenters. The van der Waals surface area contributed by atoms with Crippen molar-refractivity contribution in [2.45, 2.75) is 44.1 Å². The van der Waals surface area contributed by atoms with Crippen molar-refractivity contribution in [1.29, 1.82) is 0 Å². The molecule has 1 aromatic carbocycles. The van der Waals surface area contributed by atoms with Gasteiger partial charge >= 0.3 is 6.03 Å². The number of rotatable bonds is 6. The van der Waals surface area contributed by atoms with Gasteiger partial charge < -0.3 is 19.9 Å². The van der Waals surface area contributed by atoms with Crippen molar-refractivity contribution in [3.8, 4) is 5.75 Å². The van der Waals surface area contributed by atoms with Gasteiger partial charge in [0.15, 0.2) is 0 Å². The number of carbonyl (C=O) groups is 3. The molecule has 30 heavy (non-hydrogen) atoms. The highest BCUT2D eigenvalue weighted by atomic mass is 16.5. The maximum atomic E-state index is 12.7. The van der Waals surface area contributed by atoms with Crippen molar-refractivity contribution in [2.75, 3.05) is 44.7 Å². The molecule has 0 bridgehead atoms. The molecule has 4 rings (SSSR count). The molecule has 8 heteroatoms. The Morgan fingerprint density at radius 3 is 2.50 bits per heavy atom. The van der Waals surface area contributed by atoms with E-state index in [-0.39, 0.29) is 17.8 Å². The fraction of sp³-hybridized carbons (Fsp3) is 0.591. The van der Waals surface area contributed by atoms with Gasteiger partial charge in [0.25, 0.3) is 5.91 Å². The molecule has 1 saturated carbocycles. The molecule has 162 valence electrons. The second kappa shape index (κ2) is 8.53. The first-order chi connectivity index (χ1) is 14.5. The fourth-order valence-electron chi connectivity index (χ4n) is 4.83. The van der Waals surface area contributed by atoms with Gasteiger partial charge in [-0.05, 0) is 31.4 Å². The van der Waals surface area contributed by atoms with Crippen LogP contribution in [0.15, 0.2) is 24.3 Å². The Labute approximate surface area is 177 Å².